The van der Waals surface area contributed by atoms with E-state index in [-0.39, 0.29) is 10.8 Å². The number of fused-ring (bicyclic) bond motifs is 1. The highest BCUT2D eigenvalue weighted by atomic mass is 28.4. The van der Waals surface area contributed by atoms with Crippen LogP contribution in [0.2, 0.25) is 18.1 Å². The van der Waals surface area contributed by atoms with Crippen LogP contribution in [0.25, 0.3) is 10.8 Å². The molecule has 0 fully saturated rings. The van der Waals surface area contributed by atoms with Crippen molar-refractivity contribution in [3.05, 3.63) is 32.9 Å². The van der Waals surface area contributed by atoms with E-state index in [2.05, 4.69) is 33.9 Å². The molecule has 1 aromatic carbocycles. The van der Waals surface area contributed by atoms with Gasteiger partial charge in [0.2, 0.25) is 5.76 Å². The van der Waals surface area contributed by atoms with Gasteiger partial charge in [-0.05, 0) is 38.9 Å². The molecule has 6 heteroatoms. The predicted molar refractivity (Wildman–Crippen MR) is 106 cm³/mol. The quantitative estimate of drug-likeness (QED) is 0.709. The Hall–Kier alpha value is -2.26. The molecule has 2 rings (SSSR count). The highest BCUT2D eigenvalue weighted by Gasteiger charge is 2.40. The third-order valence-corrected chi connectivity index (χ3v) is 9.78. The van der Waals surface area contributed by atoms with Gasteiger partial charge in [-0.15, -0.1) is 0 Å². The molecule has 0 spiro atoms. The molecule has 0 atom stereocenters. The molecule has 5 nitrogen and oxygen atoms in total. The van der Waals surface area contributed by atoms with Gasteiger partial charge in [0.05, 0.1) is 7.11 Å². The van der Waals surface area contributed by atoms with Gasteiger partial charge in [-0.3, -0.25) is 0 Å². The van der Waals surface area contributed by atoms with Crippen molar-refractivity contribution < 1.29 is 13.6 Å². The first-order chi connectivity index (χ1) is 11.9. The third kappa shape index (κ3) is 3.01. The number of methoxy groups -OCH3 is 1. The zero-order valence-electron chi connectivity index (χ0n) is 17.1. The van der Waals surface area contributed by atoms with Crippen molar-refractivity contribution in [3.63, 3.8) is 0 Å². The summed E-state index contributed by atoms with van der Waals surface area (Å²) in [4.78, 5) is 12.7. The summed E-state index contributed by atoms with van der Waals surface area (Å²) >= 11 is 0. The minimum atomic E-state index is -2.21. The van der Waals surface area contributed by atoms with E-state index >= 15 is 0 Å². The molecule has 2 aromatic rings. The molecule has 0 aliphatic heterocycles. The van der Waals surface area contributed by atoms with Crippen LogP contribution in [0.1, 0.15) is 43.2 Å². The summed E-state index contributed by atoms with van der Waals surface area (Å²) in [5.41, 5.74) is 1.66. The van der Waals surface area contributed by atoms with Crippen LogP contribution in [0.4, 0.5) is 0 Å². The molecule has 0 amide bonds. The molecule has 0 aliphatic carbocycles. The highest BCUT2D eigenvalue weighted by Crippen LogP contribution is 2.44. The Bertz CT molecular complexity index is 975. The zero-order valence-corrected chi connectivity index (χ0v) is 18.1. The number of rotatable bonds is 3. The molecular formula is C20H27NO4Si. The third-order valence-electron chi connectivity index (χ3n) is 5.46. The van der Waals surface area contributed by atoms with Crippen LogP contribution < -0.4 is 14.8 Å². The van der Waals surface area contributed by atoms with E-state index in [4.69, 9.17) is 13.6 Å². The van der Waals surface area contributed by atoms with Crippen LogP contribution >= 0.6 is 0 Å². The lowest BCUT2D eigenvalue weighted by molar-refractivity contribution is 0.404. The van der Waals surface area contributed by atoms with E-state index in [0.29, 0.717) is 27.8 Å². The van der Waals surface area contributed by atoms with Crippen molar-refractivity contribution in [1.29, 1.82) is 5.26 Å². The maximum atomic E-state index is 12.7. The number of nitriles is 1. The highest BCUT2D eigenvalue weighted by molar-refractivity contribution is 6.74. The SMILES string of the molecule is COc1c(C)c(O[Si](C)(C)C(C)(C)C)c2c(=O)oc(C#N)c(C)c2c1C. The average Bonchev–Trinajstić information content (AvgIpc) is 2.52. The molecule has 1 aromatic heterocycles. The summed E-state index contributed by atoms with van der Waals surface area (Å²) in [7, 11) is -0.610. The number of hydrogen-bond acceptors (Lipinski definition) is 5. The molecule has 0 unspecified atom stereocenters. The number of ether oxygens (including phenoxy) is 1. The lowest BCUT2D eigenvalue weighted by atomic mass is 9.97. The summed E-state index contributed by atoms with van der Waals surface area (Å²) < 4.78 is 17.4. The van der Waals surface area contributed by atoms with E-state index in [1.54, 1.807) is 14.0 Å². The molecule has 1 heterocycles. The first-order valence-corrected chi connectivity index (χ1v) is 11.5. The number of aryl methyl sites for hydroxylation is 2. The van der Waals surface area contributed by atoms with Crippen molar-refractivity contribution in [1.82, 2.24) is 0 Å². The molecule has 0 saturated heterocycles. The maximum Gasteiger partial charge on any atom is 0.348 e. The van der Waals surface area contributed by atoms with Gasteiger partial charge in [0, 0.05) is 22.1 Å². The summed E-state index contributed by atoms with van der Waals surface area (Å²) in [6.45, 7) is 16.2. The Morgan fingerprint density at radius 1 is 1.00 bits per heavy atom. The minimum Gasteiger partial charge on any atom is -0.543 e. The van der Waals surface area contributed by atoms with E-state index < -0.39 is 13.9 Å². The second kappa shape index (κ2) is 6.47. The Labute approximate surface area is 155 Å². The van der Waals surface area contributed by atoms with Gasteiger partial charge < -0.3 is 13.6 Å². The number of nitrogens with zero attached hydrogens (tertiary/aromatic N) is 1. The molecule has 0 bridgehead atoms. The first-order valence-electron chi connectivity index (χ1n) is 8.61. The molecular weight excluding hydrogens is 346 g/mol. The van der Waals surface area contributed by atoms with Crippen LogP contribution in [0.3, 0.4) is 0 Å². The average molecular weight is 374 g/mol. The maximum absolute atomic E-state index is 12.7. The fourth-order valence-electron chi connectivity index (χ4n) is 2.93. The standard InChI is InChI=1S/C20H27NO4Si/c1-11-14(10-21)24-19(22)16-15(11)12(2)17(23-7)13(3)18(16)25-26(8,9)20(4,5)6/h1-9H3. The van der Waals surface area contributed by atoms with Crippen molar-refractivity contribution in [3.8, 4) is 17.6 Å². The van der Waals surface area contributed by atoms with Gasteiger partial charge in [0.1, 0.15) is 23.0 Å². The van der Waals surface area contributed by atoms with Gasteiger partial charge in [0.25, 0.3) is 8.32 Å². The second-order valence-corrected chi connectivity index (χ2v) is 12.9. The molecule has 140 valence electrons. The lowest BCUT2D eigenvalue weighted by Crippen LogP contribution is -2.44. The van der Waals surface area contributed by atoms with E-state index in [9.17, 15) is 10.1 Å². The smallest absolute Gasteiger partial charge is 0.348 e. The minimum absolute atomic E-state index is 0.0229. The van der Waals surface area contributed by atoms with Crippen molar-refractivity contribution in [2.75, 3.05) is 7.11 Å². The van der Waals surface area contributed by atoms with Crippen LogP contribution in [-0.4, -0.2) is 15.4 Å². The van der Waals surface area contributed by atoms with Crippen molar-refractivity contribution >= 4 is 19.1 Å². The second-order valence-electron chi connectivity index (χ2n) is 8.18. The van der Waals surface area contributed by atoms with E-state index in [1.165, 1.54) is 0 Å². The summed E-state index contributed by atoms with van der Waals surface area (Å²) in [5, 5.41) is 10.3. The molecule has 0 radical (unpaired) electrons. The van der Waals surface area contributed by atoms with E-state index in [1.807, 2.05) is 19.9 Å². The Morgan fingerprint density at radius 2 is 1.58 bits per heavy atom. The number of benzene rings is 1. The monoisotopic (exact) mass is 373 g/mol. The van der Waals surface area contributed by atoms with Gasteiger partial charge >= 0.3 is 5.63 Å². The fraction of sp³-hybridized carbons (Fsp3) is 0.500. The molecule has 0 N–H and O–H groups in total. The van der Waals surface area contributed by atoms with Crippen molar-refractivity contribution in [2.45, 2.75) is 59.7 Å². The molecule has 0 aliphatic rings. The van der Waals surface area contributed by atoms with Crippen LogP contribution in [0, 0.1) is 32.1 Å². The number of hydrogen-bond donors (Lipinski definition) is 0. The van der Waals surface area contributed by atoms with E-state index in [0.717, 1.165) is 11.1 Å². The summed E-state index contributed by atoms with van der Waals surface area (Å²) in [5.74, 6) is 1.20. The summed E-state index contributed by atoms with van der Waals surface area (Å²) in [6.07, 6.45) is 0. The first kappa shape index (κ1) is 20.1. The Morgan fingerprint density at radius 3 is 2.04 bits per heavy atom. The van der Waals surface area contributed by atoms with Crippen molar-refractivity contribution in [2.24, 2.45) is 0 Å². The van der Waals surface area contributed by atoms with Gasteiger partial charge in [-0.2, -0.15) is 5.26 Å². The molecule has 26 heavy (non-hydrogen) atoms. The Balaban J connectivity index is 3.02. The normalized spacial score (nSPS) is 12.2. The largest absolute Gasteiger partial charge is 0.543 e. The van der Waals surface area contributed by atoms with Crippen LogP contribution in [-0.2, 0) is 0 Å². The van der Waals surface area contributed by atoms with Gasteiger partial charge in [-0.1, -0.05) is 20.8 Å². The fourth-order valence-corrected chi connectivity index (χ4v) is 4.00. The van der Waals surface area contributed by atoms with Gasteiger partial charge in [-0.25, -0.2) is 4.79 Å². The Kier molecular flexibility index (Phi) is 4.99. The van der Waals surface area contributed by atoms with Crippen LogP contribution in [0.5, 0.6) is 11.5 Å². The topological polar surface area (TPSA) is 72.5 Å². The zero-order chi connectivity index (χ0) is 20.0. The molecule has 0 saturated carbocycles. The lowest BCUT2D eigenvalue weighted by Gasteiger charge is -2.37. The van der Waals surface area contributed by atoms with Gasteiger partial charge in [0.15, 0.2) is 0 Å². The predicted octanol–water partition coefficient (Wildman–Crippen LogP) is 4.98. The van der Waals surface area contributed by atoms with Crippen LogP contribution in [0.15, 0.2) is 9.21 Å². The summed E-state index contributed by atoms with van der Waals surface area (Å²) in [6, 6.07) is 1.96.